The van der Waals surface area contributed by atoms with Crippen molar-refractivity contribution >= 4 is 28.5 Å². The van der Waals surface area contributed by atoms with Gasteiger partial charge in [-0.05, 0) is 24.1 Å². The Morgan fingerprint density at radius 3 is 2.97 bits per heavy atom. The lowest BCUT2D eigenvalue weighted by Crippen LogP contribution is -2.23. The Balaban J connectivity index is 1.16. The van der Waals surface area contributed by atoms with Gasteiger partial charge in [-0.1, -0.05) is 16.8 Å². The van der Waals surface area contributed by atoms with Crippen LogP contribution in [0, 0.1) is 17.7 Å². The molecular weight excluding hydrogens is 425 g/mol. The third-order valence-corrected chi connectivity index (χ3v) is 7.33. The number of imidazole rings is 1. The zero-order chi connectivity index (χ0) is 21.1. The van der Waals surface area contributed by atoms with E-state index in [1.165, 1.54) is 17.0 Å². The molecule has 3 aromatic heterocycles. The zero-order valence-corrected chi connectivity index (χ0v) is 17.0. The highest BCUT2D eigenvalue weighted by Crippen LogP contribution is 2.85. The zero-order valence-electron chi connectivity index (χ0n) is 16.2. The van der Waals surface area contributed by atoms with E-state index in [-0.39, 0.29) is 28.6 Å². The number of aromatic nitrogens is 6. The molecule has 4 aliphatic rings. The van der Waals surface area contributed by atoms with Crippen molar-refractivity contribution in [2.45, 2.75) is 18.0 Å². The van der Waals surface area contributed by atoms with E-state index >= 15 is 0 Å². The molecule has 1 unspecified atom stereocenters. The number of hydrogen-bond acceptors (Lipinski definition) is 7. The topological polar surface area (TPSA) is 94.9 Å². The Bertz CT molecular complexity index is 1460. The minimum absolute atomic E-state index is 0.0994. The molecule has 4 atom stereocenters. The second-order valence-corrected chi connectivity index (χ2v) is 8.89. The molecule has 0 radical (unpaired) electrons. The molecule has 4 fully saturated rings. The van der Waals surface area contributed by atoms with Crippen molar-refractivity contribution in [1.29, 1.82) is 0 Å². The van der Waals surface area contributed by atoms with Crippen molar-refractivity contribution in [3.05, 3.63) is 63.8 Å². The molecule has 2 saturated carbocycles. The van der Waals surface area contributed by atoms with Crippen molar-refractivity contribution < 1.29 is 8.91 Å². The SMILES string of the molecule is Cn1cnc2ncn(Cc3nc([C@@]45C6[C@H]4[C@H]5CN6c4ccc(F)c(Cl)c4)no3)c(=O)c21. The molecule has 156 valence electrons. The van der Waals surface area contributed by atoms with E-state index in [4.69, 9.17) is 16.1 Å². The summed E-state index contributed by atoms with van der Waals surface area (Å²) in [5, 5.41) is 4.36. The summed E-state index contributed by atoms with van der Waals surface area (Å²) in [4.78, 5) is 27.9. The number of benzene rings is 1. The normalized spacial score (nSPS) is 27.7. The molecule has 8 rings (SSSR count). The maximum absolute atomic E-state index is 13.5. The molecular formula is C20H15ClFN7O2. The summed E-state index contributed by atoms with van der Waals surface area (Å²) in [6.07, 6.45) is 3.00. The minimum atomic E-state index is -0.420. The predicted molar refractivity (Wildman–Crippen MR) is 107 cm³/mol. The van der Waals surface area contributed by atoms with Crippen molar-refractivity contribution in [1.82, 2.24) is 29.2 Å². The maximum Gasteiger partial charge on any atom is 0.280 e. The third kappa shape index (κ3) is 2.08. The van der Waals surface area contributed by atoms with Gasteiger partial charge in [0.05, 0.1) is 16.8 Å². The molecule has 2 bridgehead atoms. The number of halogens is 2. The van der Waals surface area contributed by atoms with Gasteiger partial charge < -0.3 is 14.0 Å². The van der Waals surface area contributed by atoms with Crippen LogP contribution in [0.25, 0.3) is 11.2 Å². The summed E-state index contributed by atoms with van der Waals surface area (Å²) in [5.41, 5.74) is 1.44. The second kappa shape index (κ2) is 5.50. The lowest BCUT2D eigenvalue weighted by atomic mass is 10.1. The lowest BCUT2D eigenvalue weighted by molar-refractivity contribution is 0.362. The van der Waals surface area contributed by atoms with Crippen LogP contribution in [0.15, 0.2) is 40.2 Å². The van der Waals surface area contributed by atoms with Gasteiger partial charge in [0.2, 0.25) is 5.89 Å². The molecule has 0 N–H and O–H groups in total. The largest absolute Gasteiger partial charge is 0.367 e. The fraction of sp³-hybridized carbons (Fsp3) is 0.350. The highest BCUT2D eigenvalue weighted by atomic mass is 35.5. The van der Waals surface area contributed by atoms with Crippen molar-refractivity contribution in [3.63, 3.8) is 0 Å². The van der Waals surface area contributed by atoms with E-state index in [0.29, 0.717) is 34.7 Å². The third-order valence-electron chi connectivity index (χ3n) is 7.04. The van der Waals surface area contributed by atoms with Gasteiger partial charge >= 0.3 is 0 Å². The highest BCUT2D eigenvalue weighted by molar-refractivity contribution is 6.31. The van der Waals surface area contributed by atoms with Gasteiger partial charge in [0, 0.05) is 31.2 Å². The van der Waals surface area contributed by atoms with Crippen molar-refractivity contribution in [2.75, 3.05) is 11.4 Å². The Hall–Kier alpha value is -3.27. The van der Waals surface area contributed by atoms with E-state index in [9.17, 15) is 9.18 Å². The fourth-order valence-electron chi connectivity index (χ4n) is 5.49. The molecule has 1 aromatic carbocycles. The van der Waals surface area contributed by atoms with Crippen LogP contribution in [-0.2, 0) is 19.0 Å². The van der Waals surface area contributed by atoms with Crippen LogP contribution in [0.3, 0.4) is 0 Å². The predicted octanol–water partition coefficient (Wildman–Crippen LogP) is 1.74. The standard InChI is InChI=1S/C20H15ClFN7O2/c1-27-7-23-17-15(27)18(30)28(8-24-17)6-13-25-19(26-31-13)20-10-5-29(16(20)14(10)20)9-2-3-12(22)11(21)4-9/h2-4,7-8,10,14,16H,5-6H2,1H3/t10-,14-,16?,20-/m1/s1. The summed E-state index contributed by atoms with van der Waals surface area (Å²) < 4.78 is 22.1. The minimum Gasteiger partial charge on any atom is -0.367 e. The van der Waals surface area contributed by atoms with Crippen LogP contribution in [0.4, 0.5) is 10.1 Å². The molecule has 31 heavy (non-hydrogen) atoms. The quantitative estimate of drug-likeness (QED) is 0.478. The van der Waals surface area contributed by atoms with E-state index in [1.807, 2.05) is 0 Å². The number of fused-ring (bicyclic) bond motifs is 2. The summed E-state index contributed by atoms with van der Waals surface area (Å²) in [7, 11) is 1.75. The van der Waals surface area contributed by atoms with Crippen LogP contribution >= 0.6 is 11.6 Å². The Labute approximate surface area is 179 Å². The molecule has 2 aliphatic heterocycles. The van der Waals surface area contributed by atoms with Crippen molar-refractivity contribution in [3.8, 4) is 0 Å². The number of piperidine rings is 1. The Morgan fingerprint density at radius 2 is 2.16 bits per heavy atom. The average molecular weight is 440 g/mol. The maximum atomic E-state index is 13.5. The van der Waals surface area contributed by atoms with Crippen LogP contribution in [0.5, 0.6) is 0 Å². The summed E-state index contributed by atoms with van der Waals surface area (Å²) in [6.45, 7) is 1.01. The van der Waals surface area contributed by atoms with E-state index in [0.717, 1.165) is 12.2 Å². The molecule has 2 saturated heterocycles. The van der Waals surface area contributed by atoms with Gasteiger partial charge in [-0.25, -0.2) is 14.4 Å². The van der Waals surface area contributed by atoms with Crippen LogP contribution < -0.4 is 10.5 Å². The molecule has 11 heteroatoms. The average Bonchev–Trinajstić information content (AvgIpc) is 3.22. The van der Waals surface area contributed by atoms with Gasteiger partial charge in [-0.3, -0.25) is 9.36 Å². The second-order valence-electron chi connectivity index (χ2n) is 8.48. The first kappa shape index (κ1) is 17.4. The molecule has 0 amide bonds. The number of rotatable bonds is 4. The Morgan fingerprint density at radius 1 is 1.32 bits per heavy atom. The highest BCUT2D eigenvalue weighted by Gasteiger charge is 2.95. The molecule has 4 aromatic rings. The number of hydrogen-bond donors (Lipinski definition) is 0. The number of aryl methyl sites for hydroxylation is 1. The van der Waals surface area contributed by atoms with Gasteiger partial charge in [0.15, 0.2) is 17.0 Å². The number of anilines is 1. The smallest absolute Gasteiger partial charge is 0.280 e. The van der Waals surface area contributed by atoms with E-state index < -0.39 is 5.82 Å². The number of nitrogens with zero attached hydrogens (tertiary/aromatic N) is 7. The van der Waals surface area contributed by atoms with Crippen molar-refractivity contribution in [2.24, 2.45) is 18.9 Å². The first-order valence-electron chi connectivity index (χ1n) is 9.91. The van der Waals surface area contributed by atoms with E-state index in [1.54, 1.807) is 30.1 Å². The van der Waals surface area contributed by atoms with Crippen LogP contribution in [0.2, 0.25) is 5.02 Å². The molecule has 0 spiro atoms. The van der Waals surface area contributed by atoms with Gasteiger partial charge in [-0.2, -0.15) is 4.98 Å². The lowest BCUT2D eigenvalue weighted by Gasteiger charge is -2.19. The van der Waals surface area contributed by atoms with Gasteiger partial charge in [-0.15, -0.1) is 0 Å². The first-order valence-corrected chi connectivity index (χ1v) is 10.3. The summed E-state index contributed by atoms with van der Waals surface area (Å²) in [6, 6.07) is 5.09. The first-order chi connectivity index (χ1) is 15.0. The van der Waals surface area contributed by atoms with Crippen LogP contribution in [-0.4, -0.2) is 41.8 Å². The van der Waals surface area contributed by atoms with E-state index in [2.05, 4.69) is 25.0 Å². The van der Waals surface area contributed by atoms with Crippen LogP contribution in [0.1, 0.15) is 11.7 Å². The fourth-order valence-corrected chi connectivity index (χ4v) is 5.67. The van der Waals surface area contributed by atoms with Gasteiger partial charge in [0.25, 0.3) is 5.56 Å². The molecule has 5 heterocycles. The molecule has 2 aliphatic carbocycles. The molecule has 9 nitrogen and oxygen atoms in total. The van der Waals surface area contributed by atoms with Gasteiger partial charge in [0.1, 0.15) is 18.7 Å². The summed E-state index contributed by atoms with van der Waals surface area (Å²) in [5.74, 6) is 1.57. The Kier molecular flexibility index (Phi) is 3.09. The monoisotopic (exact) mass is 439 g/mol. The summed E-state index contributed by atoms with van der Waals surface area (Å²) >= 11 is 5.96.